The van der Waals surface area contributed by atoms with Gasteiger partial charge in [0.05, 0.1) is 0 Å². The van der Waals surface area contributed by atoms with Crippen molar-refractivity contribution < 1.29 is 0 Å². The van der Waals surface area contributed by atoms with Crippen LogP contribution < -0.4 is 5.32 Å². The van der Waals surface area contributed by atoms with E-state index in [1.807, 2.05) is 0 Å². The van der Waals surface area contributed by atoms with E-state index in [-0.39, 0.29) is 0 Å². The summed E-state index contributed by atoms with van der Waals surface area (Å²) < 4.78 is 0. The van der Waals surface area contributed by atoms with E-state index in [0.717, 1.165) is 19.0 Å². The highest BCUT2D eigenvalue weighted by atomic mass is 14.8. The summed E-state index contributed by atoms with van der Waals surface area (Å²) >= 11 is 0. The zero-order chi connectivity index (χ0) is 12.0. The largest absolute Gasteiger partial charge is 0.312 e. The highest BCUT2D eigenvalue weighted by molar-refractivity contribution is 5.29. The Morgan fingerprint density at radius 1 is 1.12 bits per heavy atom. The Hall–Kier alpha value is -0.820. The van der Waals surface area contributed by atoms with Gasteiger partial charge in [0, 0.05) is 6.54 Å². The van der Waals surface area contributed by atoms with Crippen molar-refractivity contribution in [1.82, 2.24) is 5.32 Å². The van der Waals surface area contributed by atoms with Gasteiger partial charge in [-0.25, -0.2) is 0 Å². The molecule has 0 radical (unpaired) electrons. The molecular formula is C15H25N. The molecule has 0 heterocycles. The van der Waals surface area contributed by atoms with Gasteiger partial charge in [-0.2, -0.15) is 0 Å². The summed E-state index contributed by atoms with van der Waals surface area (Å²) in [6.45, 7) is 11.1. The number of benzene rings is 1. The SMILES string of the molecule is CCC(C)c1ccccc1CNCC(C)C. The van der Waals surface area contributed by atoms with Gasteiger partial charge in [-0.15, -0.1) is 0 Å². The van der Waals surface area contributed by atoms with Gasteiger partial charge >= 0.3 is 0 Å². The van der Waals surface area contributed by atoms with Gasteiger partial charge in [-0.05, 0) is 35.9 Å². The maximum Gasteiger partial charge on any atom is 0.0208 e. The average molecular weight is 219 g/mol. The molecule has 0 aromatic heterocycles. The lowest BCUT2D eigenvalue weighted by Crippen LogP contribution is -2.20. The number of hydrogen-bond acceptors (Lipinski definition) is 1. The van der Waals surface area contributed by atoms with Crippen LogP contribution in [0, 0.1) is 5.92 Å². The summed E-state index contributed by atoms with van der Waals surface area (Å²) in [5.74, 6) is 1.38. The van der Waals surface area contributed by atoms with Crippen LogP contribution in [0.2, 0.25) is 0 Å². The van der Waals surface area contributed by atoms with Crippen LogP contribution in [0.15, 0.2) is 24.3 Å². The van der Waals surface area contributed by atoms with E-state index in [4.69, 9.17) is 0 Å². The van der Waals surface area contributed by atoms with Gasteiger partial charge in [0.2, 0.25) is 0 Å². The van der Waals surface area contributed by atoms with Crippen molar-refractivity contribution in [3.8, 4) is 0 Å². The highest BCUT2D eigenvalue weighted by Crippen LogP contribution is 2.22. The quantitative estimate of drug-likeness (QED) is 0.764. The van der Waals surface area contributed by atoms with Crippen molar-refractivity contribution in [2.75, 3.05) is 6.54 Å². The standard InChI is InChI=1S/C15H25N/c1-5-13(4)15-9-7-6-8-14(15)11-16-10-12(2)3/h6-9,12-13,16H,5,10-11H2,1-4H3. The Kier molecular flexibility index (Phi) is 5.54. The topological polar surface area (TPSA) is 12.0 Å². The summed E-state index contributed by atoms with van der Waals surface area (Å²) in [6, 6.07) is 8.79. The fourth-order valence-corrected chi connectivity index (χ4v) is 1.89. The normalized spacial score (nSPS) is 13.1. The monoisotopic (exact) mass is 219 g/mol. The predicted molar refractivity (Wildman–Crippen MR) is 71.7 cm³/mol. The lowest BCUT2D eigenvalue weighted by Gasteiger charge is -2.16. The summed E-state index contributed by atoms with van der Waals surface area (Å²) in [6.07, 6.45) is 1.21. The molecular weight excluding hydrogens is 194 g/mol. The molecule has 1 nitrogen and oxygen atoms in total. The fourth-order valence-electron chi connectivity index (χ4n) is 1.89. The molecule has 0 aliphatic rings. The Bertz CT molecular complexity index is 304. The first-order valence-corrected chi connectivity index (χ1v) is 6.43. The number of hydrogen-bond donors (Lipinski definition) is 1. The van der Waals surface area contributed by atoms with Crippen molar-refractivity contribution in [1.29, 1.82) is 0 Å². The minimum atomic E-state index is 0.664. The van der Waals surface area contributed by atoms with E-state index < -0.39 is 0 Å². The Labute approximate surface area is 100 Å². The highest BCUT2D eigenvalue weighted by Gasteiger charge is 2.07. The number of rotatable bonds is 6. The van der Waals surface area contributed by atoms with Gasteiger partial charge in [-0.1, -0.05) is 52.0 Å². The van der Waals surface area contributed by atoms with Crippen molar-refractivity contribution in [3.63, 3.8) is 0 Å². The predicted octanol–water partition coefficient (Wildman–Crippen LogP) is 3.95. The van der Waals surface area contributed by atoms with E-state index >= 15 is 0 Å². The Balaban J connectivity index is 2.64. The van der Waals surface area contributed by atoms with Crippen LogP contribution in [0.4, 0.5) is 0 Å². The molecule has 0 spiro atoms. The van der Waals surface area contributed by atoms with Crippen LogP contribution in [0.1, 0.15) is 51.2 Å². The fraction of sp³-hybridized carbons (Fsp3) is 0.600. The van der Waals surface area contributed by atoms with Crippen LogP contribution in [0.3, 0.4) is 0 Å². The van der Waals surface area contributed by atoms with E-state index in [2.05, 4.69) is 57.3 Å². The molecule has 1 N–H and O–H groups in total. The number of nitrogens with one attached hydrogen (secondary N) is 1. The molecule has 0 bridgehead atoms. The van der Waals surface area contributed by atoms with Gasteiger partial charge in [0.15, 0.2) is 0 Å². The Morgan fingerprint density at radius 2 is 1.81 bits per heavy atom. The Morgan fingerprint density at radius 3 is 2.44 bits per heavy atom. The van der Waals surface area contributed by atoms with Gasteiger partial charge < -0.3 is 5.32 Å². The molecule has 0 saturated heterocycles. The summed E-state index contributed by atoms with van der Waals surface area (Å²) in [7, 11) is 0. The second-order valence-corrected chi connectivity index (χ2v) is 5.03. The minimum absolute atomic E-state index is 0.664. The maximum absolute atomic E-state index is 3.52. The second kappa shape index (κ2) is 6.70. The molecule has 1 aromatic carbocycles. The van der Waals surface area contributed by atoms with Crippen molar-refractivity contribution >= 4 is 0 Å². The molecule has 1 aromatic rings. The zero-order valence-corrected chi connectivity index (χ0v) is 11.1. The molecule has 16 heavy (non-hydrogen) atoms. The van der Waals surface area contributed by atoms with Crippen LogP contribution in [0.5, 0.6) is 0 Å². The molecule has 90 valence electrons. The van der Waals surface area contributed by atoms with Crippen LogP contribution in [0.25, 0.3) is 0 Å². The first-order chi connectivity index (χ1) is 7.65. The third kappa shape index (κ3) is 3.97. The molecule has 1 atom stereocenters. The van der Waals surface area contributed by atoms with E-state index in [1.54, 1.807) is 0 Å². The van der Waals surface area contributed by atoms with Crippen molar-refractivity contribution in [2.24, 2.45) is 5.92 Å². The molecule has 1 heteroatoms. The van der Waals surface area contributed by atoms with Crippen molar-refractivity contribution in [2.45, 2.75) is 46.6 Å². The van der Waals surface area contributed by atoms with Gasteiger partial charge in [0.1, 0.15) is 0 Å². The third-order valence-corrected chi connectivity index (χ3v) is 3.07. The average Bonchev–Trinajstić information content (AvgIpc) is 2.28. The molecule has 1 unspecified atom stereocenters. The lowest BCUT2D eigenvalue weighted by atomic mass is 9.94. The van der Waals surface area contributed by atoms with E-state index in [0.29, 0.717) is 5.92 Å². The first-order valence-electron chi connectivity index (χ1n) is 6.43. The smallest absolute Gasteiger partial charge is 0.0208 e. The summed E-state index contributed by atoms with van der Waals surface area (Å²) in [4.78, 5) is 0. The maximum atomic E-state index is 3.52. The van der Waals surface area contributed by atoms with Crippen molar-refractivity contribution in [3.05, 3.63) is 35.4 Å². The molecule has 0 fully saturated rings. The molecule has 0 amide bonds. The third-order valence-electron chi connectivity index (χ3n) is 3.07. The second-order valence-electron chi connectivity index (χ2n) is 5.03. The van der Waals surface area contributed by atoms with E-state index in [9.17, 15) is 0 Å². The van der Waals surface area contributed by atoms with Gasteiger partial charge in [0.25, 0.3) is 0 Å². The summed E-state index contributed by atoms with van der Waals surface area (Å²) in [5.41, 5.74) is 2.96. The first kappa shape index (κ1) is 13.2. The van der Waals surface area contributed by atoms with Crippen LogP contribution >= 0.6 is 0 Å². The van der Waals surface area contributed by atoms with Crippen LogP contribution in [-0.2, 0) is 6.54 Å². The van der Waals surface area contributed by atoms with E-state index in [1.165, 1.54) is 17.5 Å². The molecule has 0 aliphatic carbocycles. The van der Waals surface area contributed by atoms with Gasteiger partial charge in [-0.3, -0.25) is 0 Å². The molecule has 1 rings (SSSR count). The lowest BCUT2D eigenvalue weighted by molar-refractivity contribution is 0.549. The minimum Gasteiger partial charge on any atom is -0.312 e. The molecule has 0 aliphatic heterocycles. The zero-order valence-electron chi connectivity index (χ0n) is 11.1. The molecule has 0 saturated carbocycles. The van der Waals surface area contributed by atoms with Crippen LogP contribution in [-0.4, -0.2) is 6.54 Å². The summed E-state index contributed by atoms with van der Waals surface area (Å²) in [5, 5.41) is 3.52.